The molecule has 0 aromatic carbocycles. The molecule has 0 saturated carbocycles. The van der Waals surface area contributed by atoms with Crippen LogP contribution in [0.4, 0.5) is 0 Å². The number of β-amino-alcohol motifs (C(OH)–C–C–N with tert-alkyl or cyclic N) is 1. The van der Waals surface area contributed by atoms with Gasteiger partial charge in [0.15, 0.2) is 0 Å². The number of thioether (sulfide) groups is 1. The summed E-state index contributed by atoms with van der Waals surface area (Å²) in [4.78, 5) is 40.8. The molecular formula is C20H33N3O4S. The number of aliphatic hydroxyl groups is 1. The highest BCUT2D eigenvalue weighted by atomic mass is 32.2. The van der Waals surface area contributed by atoms with Crippen LogP contribution in [0.1, 0.15) is 52.4 Å². The van der Waals surface area contributed by atoms with Gasteiger partial charge in [-0.1, -0.05) is 26.7 Å². The number of likely N-dealkylation sites (tertiary alicyclic amines) is 1. The summed E-state index contributed by atoms with van der Waals surface area (Å²) < 4.78 is -0.542. The molecule has 2 bridgehead atoms. The van der Waals surface area contributed by atoms with E-state index in [9.17, 15) is 19.5 Å². The molecule has 3 fully saturated rings. The highest BCUT2D eigenvalue weighted by Gasteiger charge is 2.73. The Labute approximate surface area is 171 Å². The van der Waals surface area contributed by atoms with Crippen LogP contribution in [-0.2, 0) is 14.4 Å². The second-order valence-corrected chi connectivity index (χ2v) is 9.70. The summed E-state index contributed by atoms with van der Waals surface area (Å²) in [6.07, 6.45) is 5.51. The third-order valence-corrected chi connectivity index (χ3v) is 8.27. The fraction of sp³-hybridized carbons (Fsp3) is 0.850. The van der Waals surface area contributed by atoms with E-state index in [0.717, 1.165) is 38.5 Å². The quantitative estimate of drug-likeness (QED) is 0.464. The van der Waals surface area contributed by atoms with Crippen molar-refractivity contribution < 1.29 is 19.5 Å². The summed E-state index contributed by atoms with van der Waals surface area (Å²) in [5.74, 6) is -1.19. The predicted molar refractivity (Wildman–Crippen MR) is 109 cm³/mol. The van der Waals surface area contributed by atoms with E-state index in [1.807, 2.05) is 6.92 Å². The van der Waals surface area contributed by atoms with Crippen molar-refractivity contribution in [2.45, 2.75) is 68.4 Å². The van der Waals surface area contributed by atoms with Crippen molar-refractivity contribution in [3.05, 3.63) is 0 Å². The van der Waals surface area contributed by atoms with Gasteiger partial charge in [0.1, 0.15) is 6.04 Å². The molecule has 3 aliphatic heterocycles. The van der Waals surface area contributed by atoms with Crippen LogP contribution in [0.5, 0.6) is 0 Å². The summed E-state index contributed by atoms with van der Waals surface area (Å²) in [6, 6.07) is -0.599. The van der Waals surface area contributed by atoms with Crippen molar-refractivity contribution in [3.8, 4) is 0 Å². The van der Waals surface area contributed by atoms with Gasteiger partial charge in [-0.05, 0) is 25.7 Å². The van der Waals surface area contributed by atoms with Gasteiger partial charge in [-0.25, -0.2) is 0 Å². The van der Waals surface area contributed by atoms with Crippen molar-refractivity contribution in [1.29, 1.82) is 0 Å². The largest absolute Gasteiger partial charge is 0.395 e. The van der Waals surface area contributed by atoms with Crippen LogP contribution in [0.25, 0.3) is 0 Å². The molecule has 3 amide bonds. The van der Waals surface area contributed by atoms with Crippen LogP contribution in [0.2, 0.25) is 0 Å². The van der Waals surface area contributed by atoms with Gasteiger partial charge >= 0.3 is 0 Å². The topological polar surface area (TPSA) is 98.7 Å². The number of unbranched alkanes of at least 4 members (excludes halogenated alkanes) is 2. The molecule has 0 aromatic rings. The highest BCUT2D eigenvalue weighted by molar-refractivity contribution is 8.02. The standard InChI is InChI=1S/C20H33N3O4S/c1-3-5-6-10-22-18(26)16-20-8-7-13(28-20)14(17(25)21-9-4-2)15(20)19(27)23(16)11-12-24/h13-16,24H,3-12H2,1-2H3,(H,21,25)(H,22,26)/t13-,14+,15-,16?,20?/m0/s1. The first-order chi connectivity index (χ1) is 13.5. The molecule has 8 heteroatoms. The summed E-state index contributed by atoms with van der Waals surface area (Å²) in [6.45, 7) is 5.26. The van der Waals surface area contributed by atoms with Gasteiger partial charge in [-0.2, -0.15) is 0 Å². The first-order valence-electron chi connectivity index (χ1n) is 10.7. The zero-order valence-electron chi connectivity index (χ0n) is 16.9. The molecule has 0 radical (unpaired) electrons. The number of nitrogens with zero attached hydrogens (tertiary/aromatic N) is 1. The third-order valence-electron chi connectivity index (χ3n) is 6.32. The molecule has 158 valence electrons. The van der Waals surface area contributed by atoms with Crippen molar-refractivity contribution in [2.24, 2.45) is 11.8 Å². The molecule has 0 aliphatic carbocycles. The predicted octanol–water partition coefficient (Wildman–Crippen LogP) is 0.903. The third kappa shape index (κ3) is 3.54. The number of aliphatic hydroxyl groups excluding tert-OH is 1. The van der Waals surface area contributed by atoms with Gasteiger partial charge in [0.25, 0.3) is 0 Å². The van der Waals surface area contributed by atoms with Gasteiger partial charge in [-0.3, -0.25) is 14.4 Å². The van der Waals surface area contributed by atoms with E-state index >= 15 is 0 Å². The smallest absolute Gasteiger partial charge is 0.244 e. The Bertz CT molecular complexity index is 616. The van der Waals surface area contributed by atoms with Crippen molar-refractivity contribution in [1.82, 2.24) is 15.5 Å². The van der Waals surface area contributed by atoms with Crippen molar-refractivity contribution in [3.63, 3.8) is 0 Å². The highest BCUT2D eigenvalue weighted by Crippen LogP contribution is 2.66. The monoisotopic (exact) mass is 411 g/mol. The maximum Gasteiger partial charge on any atom is 0.244 e. The maximum absolute atomic E-state index is 13.3. The Morgan fingerprint density at radius 3 is 2.61 bits per heavy atom. The average Bonchev–Trinajstić information content (AvgIpc) is 3.31. The lowest BCUT2D eigenvalue weighted by Crippen LogP contribution is -2.54. The molecule has 7 nitrogen and oxygen atoms in total. The number of fused-ring (bicyclic) bond motifs is 1. The molecule has 3 heterocycles. The normalized spacial score (nSPS) is 33.2. The minimum atomic E-state index is -0.599. The number of nitrogens with one attached hydrogen (secondary N) is 2. The lowest BCUT2D eigenvalue weighted by atomic mass is 9.70. The minimum Gasteiger partial charge on any atom is -0.395 e. The molecule has 3 saturated heterocycles. The molecule has 28 heavy (non-hydrogen) atoms. The Hall–Kier alpha value is -1.28. The van der Waals surface area contributed by atoms with Gasteiger partial charge in [0, 0.05) is 24.9 Å². The Balaban J connectivity index is 1.83. The van der Waals surface area contributed by atoms with E-state index in [1.54, 1.807) is 11.8 Å². The molecular weight excluding hydrogens is 378 g/mol. The summed E-state index contributed by atoms with van der Waals surface area (Å²) in [7, 11) is 0. The van der Waals surface area contributed by atoms with Crippen LogP contribution < -0.4 is 10.6 Å². The molecule has 1 spiro atoms. The Morgan fingerprint density at radius 2 is 1.93 bits per heavy atom. The Morgan fingerprint density at radius 1 is 1.18 bits per heavy atom. The van der Waals surface area contributed by atoms with Gasteiger partial charge < -0.3 is 20.6 Å². The number of hydrogen-bond acceptors (Lipinski definition) is 5. The summed E-state index contributed by atoms with van der Waals surface area (Å²) in [5.41, 5.74) is 0. The number of amides is 3. The summed E-state index contributed by atoms with van der Waals surface area (Å²) in [5, 5.41) is 15.6. The van der Waals surface area contributed by atoms with E-state index in [4.69, 9.17) is 0 Å². The fourth-order valence-electron chi connectivity index (χ4n) is 5.15. The van der Waals surface area contributed by atoms with Crippen LogP contribution in [-0.4, -0.2) is 70.0 Å². The number of hydrogen-bond donors (Lipinski definition) is 3. The summed E-state index contributed by atoms with van der Waals surface area (Å²) >= 11 is 1.67. The van der Waals surface area contributed by atoms with Crippen LogP contribution in [0, 0.1) is 11.8 Å². The first kappa shape index (κ1) is 21.4. The van der Waals surface area contributed by atoms with Crippen LogP contribution in [0.15, 0.2) is 0 Å². The van der Waals surface area contributed by atoms with Gasteiger partial charge in [0.05, 0.1) is 23.2 Å². The fourth-order valence-corrected chi connectivity index (χ4v) is 7.37. The van der Waals surface area contributed by atoms with Crippen molar-refractivity contribution >= 4 is 29.5 Å². The van der Waals surface area contributed by atoms with Crippen LogP contribution in [0.3, 0.4) is 0 Å². The van der Waals surface area contributed by atoms with Crippen LogP contribution >= 0.6 is 11.8 Å². The van der Waals surface area contributed by atoms with E-state index in [1.165, 1.54) is 4.90 Å². The second kappa shape index (κ2) is 9.03. The molecule has 3 N–H and O–H groups in total. The number of rotatable bonds is 10. The zero-order valence-corrected chi connectivity index (χ0v) is 17.7. The lowest BCUT2D eigenvalue weighted by molar-refractivity contribution is -0.140. The first-order valence-corrected chi connectivity index (χ1v) is 11.5. The Kier molecular flexibility index (Phi) is 6.91. The molecule has 3 rings (SSSR count). The minimum absolute atomic E-state index is 0.0628. The number of carbonyl (C=O) groups is 3. The number of carbonyl (C=O) groups excluding carboxylic acids is 3. The van der Waals surface area contributed by atoms with E-state index in [-0.39, 0.29) is 42.0 Å². The van der Waals surface area contributed by atoms with Gasteiger partial charge in [-0.15, -0.1) is 11.8 Å². The molecule has 5 atom stereocenters. The average molecular weight is 412 g/mol. The lowest BCUT2D eigenvalue weighted by Gasteiger charge is -2.34. The second-order valence-electron chi connectivity index (χ2n) is 8.10. The maximum atomic E-state index is 13.3. The van der Waals surface area contributed by atoms with E-state index < -0.39 is 16.7 Å². The SMILES string of the molecule is CCCCCNC(=O)C1N(CCO)C(=O)[C@@H]2[C@H](C(=O)NCCC)[C@@H]3CCC12S3. The van der Waals surface area contributed by atoms with Gasteiger partial charge in [0.2, 0.25) is 17.7 Å². The molecule has 0 aromatic heterocycles. The molecule has 2 unspecified atom stereocenters. The molecule has 3 aliphatic rings. The zero-order chi connectivity index (χ0) is 20.3. The van der Waals surface area contributed by atoms with Crippen molar-refractivity contribution in [2.75, 3.05) is 26.2 Å². The van der Waals surface area contributed by atoms with E-state index in [2.05, 4.69) is 17.6 Å². The van der Waals surface area contributed by atoms with E-state index in [0.29, 0.717) is 13.1 Å².